The number of rotatable bonds is 7. The van der Waals surface area contributed by atoms with E-state index < -0.39 is 0 Å². The number of nitrogens with zero attached hydrogens (tertiary/aromatic N) is 1. The van der Waals surface area contributed by atoms with Crippen LogP contribution in [-0.2, 0) is 6.42 Å². The molecule has 0 aliphatic rings. The van der Waals surface area contributed by atoms with Crippen molar-refractivity contribution < 1.29 is 9.59 Å². The van der Waals surface area contributed by atoms with E-state index in [9.17, 15) is 9.59 Å². The summed E-state index contributed by atoms with van der Waals surface area (Å²) >= 11 is 0. The monoisotopic (exact) mass is 372 g/mol. The summed E-state index contributed by atoms with van der Waals surface area (Å²) in [6.07, 6.45) is 1.81. The van der Waals surface area contributed by atoms with Crippen LogP contribution in [0.2, 0.25) is 0 Å². The van der Waals surface area contributed by atoms with Gasteiger partial charge in [0, 0.05) is 30.4 Å². The van der Waals surface area contributed by atoms with E-state index in [-0.39, 0.29) is 11.8 Å². The summed E-state index contributed by atoms with van der Waals surface area (Å²) in [5, 5.41) is 2.93. The van der Waals surface area contributed by atoms with Crippen molar-refractivity contribution in [1.82, 2.24) is 5.32 Å². The van der Waals surface area contributed by atoms with Crippen LogP contribution in [0.15, 0.2) is 84.9 Å². The van der Waals surface area contributed by atoms with Gasteiger partial charge in [0.05, 0.1) is 0 Å². The number of anilines is 1. The SMILES string of the molecule is CN(C(=O)c1ccc(C(=O)NCCCc2ccccc2)cc1)c1ccccc1. The largest absolute Gasteiger partial charge is 0.352 e. The van der Waals surface area contributed by atoms with Crippen molar-refractivity contribution in [2.24, 2.45) is 0 Å². The fourth-order valence-corrected chi connectivity index (χ4v) is 2.97. The molecule has 0 aliphatic carbocycles. The van der Waals surface area contributed by atoms with Gasteiger partial charge in [0.15, 0.2) is 0 Å². The van der Waals surface area contributed by atoms with Crippen LogP contribution in [0.3, 0.4) is 0 Å². The molecule has 1 N–H and O–H groups in total. The predicted octanol–water partition coefficient (Wildman–Crippen LogP) is 4.33. The Kier molecular flexibility index (Phi) is 6.58. The van der Waals surface area contributed by atoms with Crippen LogP contribution in [0.1, 0.15) is 32.7 Å². The molecule has 0 radical (unpaired) electrons. The molecule has 0 spiro atoms. The molecule has 0 atom stereocenters. The number of para-hydroxylation sites is 1. The molecule has 3 aromatic carbocycles. The highest BCUT2D eigenvalue weighted by molar-refractivity contribution is 6.06. The topological polar surface area (TPSA) is 49.4 Å². The predicted molar refractivity (Wildman–Crippen MR) is 113 cm³/mol. The van der Waals surface area contributed by atoms with Crippen LogP contribution in [0.4, 0.5) is 5.69 Å². The molecule has 142 valence electrons. The van der Waals surface area contributed by atoms with Gasteiger partial charge in [-0.3, -0.25) is 9.59 Å². The van der Waals surface area contributed by atoms with Crippen molar-refractivity contribution in [3.8, 4) is 0 Å². The third-order valence-corrected chi connectivity index (χ3v) is 4.61. The molecule has 0 heterocycles. The summed E-state index contributed by atoms with van der Waals surface area (Å²) < 4.78 is 0. The zero-order valence-corrected chi connectivity index (χ0v) is 16.0. The van der Waals surface area contributed by atoms with E-state index in [0.717, 1.165) is 18.5 Å². The first kappa shape index (κ1) is 19.4. The van der Waals surface area contributed by atoms with Gasteiger partial charge in [0.2, 0.25) is 0 Å². The Balaban J connectivity index is 1.52. The maximum Gasteiger partial charge on any atom is 0.258 e. The minimum absolute atomic E-state index is 0.110. The molecule has 4 nitrogen and oxygen atoms in total. The summed E-state index contributed by atoms with van der Waals surface area (Å²) in [5.74, 6) is -0.232. The van der Waals surface area contributed by atoms with E-state index in [2.05, 4.69) is 17.4 Å². The van der Waals surface area contributed by atoms with E-state index in [1.807, 2.05) is 48.5 Å². The number of carbonyl (C=O) groups excluding carboxylic acids is 2. The minimum Gasteiger partial charge on any atom is -0.352 e. The standard InChI is InChI=1S/C24H24N2O2/c1-26(22-12-6-3-7-13-22)24(28)21-16-14-20(15-17-21)23(27)25-18-8-11-19-9-4-2-5-10-19/h2-7,9-10,12-17H,8,11,18H2,1H3,(H,25,27). The highest BCUT2D eigenvalue weighted by Gasteiger charge is 2.14. The summed E-state index contributed by atoms with van der Waals surface area (Å²) in [6.45, 7) is 0.616. The fourth-order valence-electron chi connectivity index (χ4n) is 2.97. The van der Waals surface area contributed by atoms with Crippen LogP contribution in [-0.4, -0.2) is 25.4 Å². The third kappa shape index (κ3) is 5.07. The number of benzene rings is 3. The maximum atomic E-state index is 12.6. The van der Waals surface area contributed by atoms with Crippen molar-refractivity contribution in [3.05, 3.63) is 102 Å². The maximum absolute atomic E-state index is 12.6. The van der Waals surface area contributed by atoms with Gasteiger partial charge >= 0.3 is 0 Å². The lowest BCUT2D eigenvalue weighted by molar-refractivity contribution is 0.0950. The summed E-state index contributed by atoms with van der Waals surface area (Å²) in [4.78, 5) is 26.5. The van der Waals surface area contributed by atoms with E-state index in [0.29, 0.717) is 17.7 Å². The molecule has 0 aromatic heterocycles. The highest BCUT2D eigenvalue weighted by atomic mass is 16.2. The molecule has 0 fully saturated rings. The second-order valence-corrected chi connectivity index (χ2v) is 6.62. The molecule has 0 aliphatic heterocycles. The summed E-state index contributed by atoms with van der Waals surface area (Å²) in [6, 6.07) is 26.5. The molecular formula is C24H24N2O2. The van der Waals surface area contributed by atoms with Crippen LogP contribution in [0.5, 0.6) is 0 Å². The van der Waals surface area contributed by atoms with Crippen LogP contribution in [0, 0.1) is 0 Å². The average molecular weight is 372 g/mol. The Labute approximate surface area is 165 Å². The Morgan fingerprint density at radius 2 is 1.36 bits per heavy atom. The lowest BCUT2D eigenvalue weighted by Gasteiger charge is -2.17. The van der Waals surface area contributed by atoms with Crippen molar-refractivity contribution in [3.63, 3.8) is 0 Å². The van der Waals surface area contributed by atoms with E-state index in [1.54, 1.807) is 36.2 Å². The van der Waals surface area contributed by atoms with Crippen molar-refractivity contribution in [2.45, 2.75) is 12.8 Å². The first-order valence-corrected chi connectivity index (χ1v) is 9.40. The van der Waals surface area contributed by atoms with Crippen molar-refractivity contribution >= 4 is 17.5 Å². The van der Waals surface area contributed by atoms with Gasteiger partial charge < -0.3 is 10.2 Å². The second-order valence-electron chi connectivity index (χ2n) is 6.62. The zero-order valence-electron chi connectivity index (χ0n) is 16.0. The number of hydrogen-bond acceptors (Lipinski definition) is 2. The number of nitrogens with one attached hydrogen (secondary N) is 1. The molecule has 0 unspecified atom stereocenters. The first-order chi connectivity index (χ1) is 13.6. The van der Waals surface area contributed by atoms with Crippen LogP contribution < -0.4 is 10.2 Å². The molecule has 0 bridgehead atoms. The number of aryl methyl sites for hydroxylation is 1. The van der Waals surface area contributed by atoms with E-state index >= 15 is 0 Å². The number of hydrogen-bond donors (Lipinski definition) is 1. The summed E-state index contributed by atoms with van der Waals surface area (Å²) in [5.41, 5.74) is 3.19. The third-order valence-electron chi connectivity index (χ3n) is 4.61. The van der Waals surface area contributed by atoms with Gasteiger partial charge in [0.25, 0.3) is 11.8 Å². The average Bonchev–Trinajstić information content (AvgIpc) is 2.77. The second kappa shape index (κ2) is 9.51. The highest BCUT2D eigenvalue weighted by Crippen LogP contribution is 2.15. The molecule has 2 amide bonds. The van der Waals surface area contributed by atoms with Crippen molar-refractivity contribution in [2.75, 3.05) is 18.5 Å². The lowest BCUT2D eigenvalue weighted by Crippen LogP contribution is -2.27. The molecule has 3 aromatic rings. The van der Waals surface area contributed by atoms with Gasteiger partial charge in [-0.2, -0.15) is 0 Å². The van der Waals surface area contributed by atoms with E-state index in [4.69, 9.17) is 0 Å². The van der Waals surface area contributed by atoms with Gasteiger partial charge in [-0.05, 0) is 54.8 Å². The normalized spacial score (nSPS) is 10.3. The molecule has 4 heteroatoms. The lowest BCUT2D eigenvalue weighted by atomic mass is 10.1. The molecule has 0 saturated carbocycles. The van der Waals surface area contributed by atoms with Gasteiger partial charge in [-0.25, -0.2) is 0 Å². The van der Waals surface area contributed by atoms with Crippen LogP contribution >= 0.6 is 0 Å². The zero-order chi connectivity index (χ0) is 19.8. The Hall–Kier alpha value is -3.40. The van der Waals surface area contributed by atoms with Gasteiger partial charge in [0.1, 0.15) is 0 Å². The Bertz CT molecular complexity index is 906. The van der Waals surface area contributed by atoms with Gasteiger partial charge in [-0.1, -0.05) is 48.5 Å². The van der Waals surface area contributed by atoms with Crippen LogP contribution in [0.25, 0.3) is 0 Å². The fraction of sp³-hybridized carbons (Fsp3) is 0.167. The van der Waals surface area contributed by atoms with Crippen molar-refractivity contribution in [1.29, 1.82) is 0 Å². The smallest absolute Gasteiger partial charge is 0.258 e. The van der Waals surface area contributed by atoms with Gasteiger partial charge in [-0.15, -0.1) is 0 Å². The number of carbonyl (C=O) groups is 2. The number of amides is 2. The molecule has 3 rings (SSSR count). The molecule has 28 heavy (non-hydrogen) atoms. The first-order valence-electron chi connectivity index (χ1n) is 9.40. The summed E-state index contributed by atoms with van der Waals surface area (Å²) in [7, 11) is 1.74. The molecular weight excluding hydrogens is 348 g/mol. The Morgan fingerprint density at radius 1 is 0.786 bits per heavy atom. The minimum atomic E-state index is -0.122. The quantitative estimate of drug-likeness (QED) is 0.628. The Morgan fingerprint density at radius 3 is 2.00 bits per heavy atom. The molecule has 0 saturated heterocycles. The van der Waals surface area contributed by atoms with E-state index in [1.165, 1.54) is 5.56 Å².